The lowest BCUT2D eigenvalue weighted by molar-refractivity contribution is 0.0683. The molecular weight excluding hydrogens is 200 g/mol. The Morgan fingerprint density at radius 2 is 2.21 bits per heavy atom. The highest BCUT2D eigenvalue weighted by Gasteiger charge is 2.16. The number of rotatable bonds is 3. The zero-order valence-electron chi connectivity index (χ0n) is 8.50. The second kappa shape index (κ2) is 3.96. The Kier molecular flexibility index (Phi) is 3.10. The number of aromatic carboxylic acids is 1. The van der Waals surface area contributed by atoms with Crippen molar-refractivity contribution >= 4 is 18.2 Å². The maximum atomic E-state index is 11.0. The first kappa shape index (κ1) is 11.0. The Bertz CT molecular complexity index is 403. The fraction of sp³-hybridized carbons (Fsp3) is 0.556. The summed E-state index contributed by atoms with van der Waals surface area (Å²) in [5.74, 6) is -0.564. The summed E-state index contributed by atoms with van der Waals surface area (Å²) in [5.41, 5.74) is 0.881. The molecule has 2 N–H and O–H groups in total. The number of carboxylic acids is 1. The number of hydrogen-bond acceptors (Lipinski definition) is 2. The first-order valence-electron chi connectivity index (χ1n) is 4.46. The van der Waals surface area contributed by atoms with E-state index >= 15 is 0 Å². The lowest BCUT2D eigenvalue weighted by atomic mass is 10.2. The monoisotopic (exact) mass is 214 g/mol. The van der Waals surface area contributed by atoms with Crippen LogP contribution in [0.3, 0.4) is 0 Å². The number of carboxylic acid groups (broad SMARTS) is 1. The second-order valence-electron chi connectivity index (χ2n) is 3.71. The van der Waals surface area contributed by atoms with Crippen LogP contribution in [0.2, 0.25) is 0 Å². The van der Waals surface area contributed by atoms with Gasteiger partial charge in [0, 0.05) is 12.2 Å². The third-order valence-corrected chi connectivity index (χ3v) is 2.24. The topological polar surface area (TPSA) is 58.0 Å². The molecule has 5 heteroatoms. The molecular formula is C9H14N2O2S. The maximum absolute atomic E-state index is 11.0. The Balaban J connectivity index is 3.25. The van der Waals surface area contributed by atoms with E-state index in [9.17, 15) is 4.79 Å². The van der Waals surface area contributed by atoms with Crippen LogP contribution in [0.5, 0.6) is 0 Å². The Morgan fingerprint density at radius 1 is 1.64 bits per heavy atom. The van der Waals surface area contributed by atoms with E-state index in [1.807, 2.05) is 13.8 Å². The van der Waals surface area contributed by atoms with Crippen LogP contribution in [0, 0.1) is 17.6 Å². The molecule has 1 rings (SSSR count). The zero-order chi connectivity index (χ0) is 10.9. The van der Waals surface area contributed by atoms with Crippen molar-refractivity contribution in [1.82, 2.24) is 9.55 Å². The minimum absolute atomic E-state index is 0.267. The van der Waals surface area contributed by atoms with Gasteiger partial charge in [0.2, 0.25) is 0 Å². The number of hydrogen-bond donors (Lipinski definition) is 2. The van der Waals surface area contributed by atoms with Gasteiger partial charge < -0.3 is 14.7 Å². The predicted octanol–water partition coefficient (Wildman–Crippen LogP) is 2.21. The van der Waals surface area contributed by atoms with Gasteiger partial charge >= 0.3 is 5.97 Å². The van der Waals surface area contributed by atoms with Gasteiger partial charge in [0.1, 0.15) is 5.69 Å². The van der Waals surface area contributed by atoms with Crippen LogP contribution in [0.4, 0.5) is 0 Å². The molecule has 0 aliphatic rings. The van der Waals surface area contributed by atoms with Gasteiger partial charge in [0.05, 0.1) is 0 Å². The first-order chi connectivity index (χ1) is 6.43. The molecule has 1 heterocycles. The number of aryl methyl sites for hydroxylation is 1. The van der Waals surface area contributed by atoms with Gasteiger partial charge in [-0.05, 0) is 25.1 Å². The maximum Gasteiger partial charge on any atom is 0.354 e. The number of aromatic amines is 1. The molecule has 0 aliphatic heterocycles. The SMILES string of the molecule is Cc1[nH]c(=S)n(CC(C)C)c1C(=O)O. The van der Waals surface area contributed by atoms with Crippen molar-refractivity contribution in [2.75, 3.05) is 0 Å². The van der Waals surface area contributed by atoms with Crippen LogP contribution in [-0.4, -0.2) is 20.6 Å². The number of carbonyl (C=O) groups is 1. The Morgan fingerprint density at radius 3 is 2.64 bits per heavy atom. The molecule has 0 aromatic carbocycles. The van der Waals surface area contributed by atoms with Crippen molar-refractivity contribution in [2.24, 2.45) is 5.92 Å². The van der Waals surface area contributed by atoms with Gasteiger partial charge in [0.15, 0.2) is 4.77 Å². The molecule has 0 spiro atoms. The summed E-state index contributed by atoms with van der Waals surface area (Å²) in [6.07, 6.45) is 0. The van der Waals surface area contributed by atoms with E-state index in [4.69, 9.17) is 17.3 Å². The molecule has 0 amide bonds. The highest BCUT2D eigenvalue weighted by atomic mass is 32.1. The lowest BCUT2D eigenvalue weighted by Crippen LogP contribution is -2.13. The Hall–Kier alpha value is -1.10. The van der Waals surface area contributed by atoms with Crippen molar-refractivity contribution in [3.05, 3.63) is 16.2 Å². The fourth-order valence-corrected chi connectivity index (χ4v) is 1.73. The average Bonchev–Trinajstić information content (AvgIpc) is 2.25. The number of H-pyrrole nitrogens is 1. The molecule has 0 aliphatic carbocycles. The van der Waals surface area contributed by atoms with Crippen LogP contribution in [0.15, 0.2) is 0 Å². The molecule has 14 heavy (non-hydrogen) atoms. The summed E-state index contributed by atoms with van der Waals surface area (Å²) in [6, 6.07) is 0. The smallest absolute Gasteiger partial charge is 0.354 e. The minimum Gasteiger partial charge on any atom is -0.477 e. The van der Waals surface area contributed by atoms with Crippen molar-refractivity contribution in [1.29, 1.82) is 0 Å². The van der Waals surface area contributed by atoms with Crippen molar-refractivity contribution in [3.8, 4) is 0 Å². The van der Waals surface area contributed by atoms with E-state index in [2.05, 4.69) is 4.98 Å². The normalized spacial score (nSPS) is 10.9. The summed E-state index contributed by atoms with van der Waals surface area (Å²) in [6.45, 7) is 6.40. The van der Waals surface area contributed by atoms with Crippen LogP contribution < -0.4 is 0 Å². The standard InChI is InChI=1S/C9H14N2O2S/c1-5(2)4-11-7(8(12)13)6(3)10-9(11)14/h5H,4H2,1-3H3,(H,10,14)(H,12,13). The summed E-state index contributed by atoms with van der Waals surface area (Å²) < 4.78 is 2.12. The molecule has 1 aromatic heterocycles. The molecule has 0 unspecified atom stereocenters. The van der Waals surface area contributed by atoms with Crippen LogP contribution in [-0.2, 0) is 6.54 Å². The van der Waals surface area contributed by atoms with E-state index in [-0.39, 0.29) is 5.69 Å². The first-order valence-corrected chi connectivity index (χ1v) is 4.87. The third-order valence-electron chi connectivity index (χ3n) is 1.92. The summed E-state index contributed by atoms with van der Waals surface area (Å²) in [4.78, 5) is 13.8. The van der Waals surface area contributed by atoms with Crippen LogP contribution >= 0.6 is 12.2 Å². The lowest BCUT2D eigenvalue weighted by Gasteiger charge is -2.08. The van der Waals surface area contributed by atoms with Crippen LogP contribution in [0.25, 0.3) is 0 Å². The highest BCUT2D eigenvalue weighted by molar-refractivity contribution is 7.71. The number of nitrogens with one attached hydrogen (secondary N) is 1. The molecule has 0 radical (unpaired) electrons. The van der Waals surface area contributed by atoms with E-state index in [0.717, 1.165) is 0 Å². The molecule has 0 saturated carbocycles. The highest BCUT2D eigenvalue weighted by Crippen LogP contribution is 2.11. The molecule has 0 bridgehead atoms. The predicted molar refractivity (Wildman–Crippen MR) is 56.2 cm³/mol. The number of nitrogens with zero attached hydrogens (tertiary/aromatic N) is 1. The minimum atomic E-state index is -0.935. The van der Waals surface area contributed by atoms with E-state index in [1.165, 1.54) is 0 Å². The molecule has 0 atom stereocenters. The van der Waals surface area contributed by atoms with Gasteiger partial charge in [-0.1, -0.05) is 13.8 Å². The molecule has 0 saturated heterocycles. The molecule has 1 aromatic rings. The number of aromatic nitrogens is 2. The number of imidazole rings is 1. The summed E-state index contributed by atoms with van der Waals surface area (Å²) in [5, 5.41) is 8.99. The van der Waals surface area contributed by atoms with Crippen LogP contribution in [0.1, 0.15) is 30.0 Å². The average molecular weight is 214 g/mol. The fourth-order valence-electron chi connectivity index (χ4n) is 1.41. The van der Waals surface area contributed by atoms with E-state index in [1.54, 1.807) is 11.5 Å². The van der Waals surface area contributed by atoms with Gasteiger partial charge in [-0.3, -0.25) is 0 Å². The van der Waals surface area contributed by atoms with Crippen molar-refractivity contribution in [3.63, 3.8) is 0 Å². The quantitative estimate of drug-likeness (QED) is 0.758. The van der Waals surface area contributed by atoms with Crippen molar-refractivity contribution < 1.29 is 9.90 Å². The van der Waals surface area contributed by atoms with Gasteiger partial charge in [0.25, 0.3) is 0 Å². The molecule has 4 nitrogen and oxygen atoms in total. The van der Waals surface area contributed by atoms with Gasteiger partial charge in [-0.15, -0.1) is 0 Å². The summed E-state index contributed by atoms with van der Waals surface area (Å²) in [7, 11) is 0. The summed E-state index contributed by atoms with van der Waals surface area (Å²) >= 11 is 5.04. The largest absolute Gasteiger partial charge is 0.477 e. The van der Waals surface area contributed by atoms with E-state index in [0.29, 0.717) is 22.9 Å². The Labute approximate surface area is 87.6 Å². The van der Waals surface area contributed by atoms with Crippen molar-refractivity contribution in [2.45, 2.75) is 27.3 Å². The van der Waals surface area contributed by atoms with E-state index < -0.39 is 5.97 Å². The molecule has 78 valence electrons. The third kappa shape index (κ3) is 2.04. The molecule has 0 fully saturated rings. The zero-order valence-corrected chi connectivity index (χ0v) is 9.31. The second-order valence-corrected chi connectivity index (χ2v) is 4.10. The van der Waals surface area contributed by atoms with Gasteiger partial charge in [-0.25, -0.2) is 4.79 Å². The van der Waals surface area contributed by atoms with Gasteiger partial charge in [-0.2, -0.15) is 0 Å².